The van der Waals surface area contributed by atoms with Crippen molar-refractivity contribution < 1.29 is 28.2 Å². The predicted octanol–water partition coefficient (Wildman–Crippen LogP) is 5.11. The second-order valence-corrected chi connectivity index (χ2v) is 10.7. The van der Waals surface area contributed by atoms with Crippen molar-refractivity contribution in [2.75, 3.05) is 46.4 Å². The second-order valence-electron chi connectivity index (χ2n) is 10.7. The Morgan fingerprint density at radius 2 is 1.87 bits per heavy atom. The molecule has 38 heavy (non-hydrogen) atoms. The number of aryl methyl sites for hydroxylation is 2. The summed E-state index contributed by atoms with van der Waals surface area (Å²) < 4.78 is 76.5. The number of rotatable bonds is 6. The molecule has 208 valence electrons. The third-order valence-corrected chi connectivity index (χ3v) is 8.18. The Hall–Kier alpha value is -2.49. The van der Waals surface area contributed by atoms with Gasteiger partial charge in [0, 0.05) is 57.5 Å². The molecule has 0 saturated carbocycles. The fraction of sp³-hybridized carbons (Fsp3) is 0.586. The zero-order chi connectivity index (χ0) is 31.1. The third kappa shape index (κ3) is 5.90. The Kier molecular flexibility index (Phi) is 6.97. The molecule has 6 nitrogen and oxygen atoms in total. The number of ether oxygens (including phenoxy) is 1. The summed E-state index contributed by atoms with van der Waals surface area (Å²) in [6.07, 6.45) is -1.30. The largest absolute Gasteiger partial charge is 0.416 e. The Labute approximate surface area is 229 Å². The standard InChI is InChI=1S/C29H39F3N4O2/c1-20-10-13-33-22(3)26(20)27(37)34-14-11-28(4,12-15-34)35-16-17-36(21(2)18-35)25(19-38-5)23-6-8-24(9-7-23)29(30,31)32/h6-10,13,21,25H,11-12,14-19H2,1-5H3/t21-,25-/m0/s1/i5D3,25D. The number of benzene rings is 1. The molecule has 0 bridgehead atoms. The first-order chi connectivity index (χ1) is 19.4. The van der Waals surface area contributed by atoms with E-state index in [-0.39, 0.29) is 23.1 Å². The first kappa shape index (κ1) is 23.4. The number of hydrogen-bond acceptors (Lipinski definition) is 5. The molecule has 9 heteroatoms. The van der Waals surface area contributed by atoms with Gasteiger partial charge in [0.25, 0.3) is 5.91 Å². The molecule has 2 saturated heterocycles. The maximum absolute atomic E-state index is 13.3. The van der Waals surface area contributed by atoms with Crippen LogP contribution < -0.4 is 0 Å². The minimum absolute atomic E-state index is 0.0110. The van der Waals surface area contributed by atoms with Gasteiger partial charge in [-0.25, -0.2) is 0 Å². The van der Waals surface area contributed by atoms with Gasteiger partial charge in [-0.2, -0.15) is 13.2 Å². The summed E-state index contributed by atoms with van der Waals surface area (Å²) in [6, 6.07) is 4.21. The van der Waals surface area contributed by atoms with Gasteiger partial charge in [0.15, 0.2) is 0 Å². The van der Waals surface area contributed by atoms with Crippen molar-refractivity contribution >= 4 is 5.91 Å². The fourth-order valence-electron chi connectivity index (χ4n) is 5.78. The number of piperazine rings is 1. The van der Waals surface area contributed by atoms with Crippen LogP contribution in [-0.4, -0.2) is 83.5 Å². The van der Waals surface area contributed by atoms with Crippen LogP contribution in [-0.2, 0) is 10.9 Å². The van der Waals surface area contributed by atoms with Gasteiger partial charge >= 0.3 is 6.18 Å². The van der Waals surface area contributed by atoms with E-state index in [4.69, 9.17) is 8.85 Å². The Bertz CT molecular complexity index is 1250. The number of carbonyl (C=O) groups excluding carboxylic acids is 1. The number of carbonyl (C=O) groups is 1. The fourth-order valence-corrected chi connectivity index (χ4v) is 5.78. The van der Waals surface area contributed by atoms with Crippen LogP contribution in [0.4, 0.5) is 13.2 Å². The second kappa shape index (κ2) is 11.3. The van der Waals surface area contributed by atoms with Gasteiger partial charge in [-0.15, -0.1) is 0 Å². The number of methoxy groups -OCH3 is 1. The molecule has 0 aliphatic carbocycles. The summed E-state index contributed by atoms with van der Waals surface area (Å²) in [5, 5.41) is 0. The van der Waals surface area contributed by atoms with E-state index in [1.54, 1.807) is 6.20 Å². The summed E-state index contributed by atoms with van der Waals surface area (Å²) in [6.45, 7) is 10.1. The van der Waals surface area contributed by atoms with Gasteiger partial charge in [-0.3, -0.25) is 19.6 Å². The molecule has 2 aromatic rings. The van der Waals surface area contributed by atoms with Crippen molar-refractivity contribution in [3.05, 3.63) is 64.5 Å². The molecule has 0 spiro atoms. The molecule has 1 aromatic carbocycles. The molecule has 0 N–H and O–H groups in total. The summed E-state index contributed by atoms with van der Waals surface area (Å²) in [7, 11) is -2.75. The lowest BCUT2D eigenvalue weighted by Gasteiger charge is -2.52. The zero-order valence-corrected chi connectivity index (χ0v) is 22.4. The molecule has 0 unspecified atom stereocenters. The highest BCUT2D eigenvalue weighted by Gasteiger charge is 2.41. The topological polar surface area (TPSA) is 48.9 Å². The average molecular weight is 537 g/mol. The lowest BCUT2D eigenvalue weighted by molar-refractivity contribution is -0.137. The van der Waals surface area contributed by atoms with Gasteiger partial charge in [-0.05, 0) is 69.9 Å². The molecule has 3 heterocycles. The monoisotopic (exact) mass is 536 g/mol. The molecule has 2 atom stereocenters. The lowest BCUT2D eigenvalue weighted by Crippen LogP contribution is -2.62. The van der Waals surface area contributed by atoms with Crippen LogP contribution in [0.15, 0.2) is 36.5 Å². The van der Waals surface area contributed by atoms with Crippen molar-refractivity contribution in [2.24, 2.45) is 0 Å². The first-order valence-corrected chi connectivity index (χ1v) is 13.0. The number of likely N-dealkylation sites (tertiary alicyclic amines) is 1. The van der Waals surface area contributed by atoms with E-state index in [1.165, 1.54) is 12.1 Å². The summed E-state index contributed by atoms with van der Waals surface area (Å²) in [5.41, 5.74) is 1.48. The Balaban J connectivity index is 1.48. The van der Waals surface area contributed by atoms with E-state index in [9.17, 15) is 19.3 Å². The minimum atomic E-state index is -4.53. The number of alkyl halides is 3. The van der Waals surface area contributed by atoms with Crippen LogP contribution in [0.25, 0.3) is 0 Å². The lowest BCUT2D eigenvalue weighted by atomic mass is 9.86. The quantitative estimate of drug-likeness (QED) is 0.514. The SMILES string of the molecule is [2H]C([2H])([2H])OC[C@@]([2H])(c1ccc(C(F)(F)F)cc1)N1CCN(C2(C)CCN(C(=O)c3c(C)ccnc3C)CC2)C[C@@H]1C. The number of pyridine rings is 1. The summed E-state index contributed by atoms with van der Waals surface area (Å²) in [5.74, 6) is -0.0110. The summed E-state index contributed by atoms with van der Waals surface area (Å²) in [4.78, 5) is 23.6. The van der Waals surface area contributed by atoms with E-state index in [1.807, 2.05) is 36.6 Å². The summed E-state index contributed by atoms with van der Waals surface area (Å²) >= 11 is 0. The number of amides is 1. The van der Waals surface area contributed by atoms with Crippen LogP contribution in [0, 0.1) is 13.8 Å². The molecule has 1 aromatic heterocycles. The third-order valence-electron chi connectivity index (χ3n) is 8.18. The van der Waals surface area contributed by atoms with Crippen LogP contribution in [0.3, 0.4) is 0 Å². The normalized spacial score (nSPS) is 24.6. The van der Waals surface area contributed by atoms with Gasteiger partial charge < -0.3 is 9.64 Å². The van der Waals surface area contributed by atoms with E-state index in [2.05, 4.69) is 16.8 Å². The molecular weight excluding hydrogens is 493 g/mol. The molecular formula is C29H39F3N4O2. The highest BCUT2D eigenvalue weighted by molar-refractivity contribution is 5.96. The van der Waals surface area contributed by atoms with Crippen molar-refractivity contribution in [2.45, 2.75) is 64.3 Å². The molecule has 2 fully saturated rings. The van der Waals surface area contributed by atoms with Crippen molar-refractivity contribution in [1.82, 2.24) is 19.7 Å². The van der Waals surface area contributed by atoms with E-state index in [0.29, 0.717) is 44.0 Å². The van der Waals surface area contributed by atoms with Crippen molar-refractivity contribution in [3.8, 4) is 0 Å². The predicted molar refractivity (Wildman–Crippen MR) is 141 cm³/mol. The first-order valence-electron chi connectivity index (χ1n) is 15.0. The smallest absolute Gasteiger partial charge is 0.383 e. The maximum Gasteiger partial charge on any atom is 0.416 e. The van der Waals surface area contributed by atoms with Crippen molar-refractivity contribution in [1.29, 1.82) is 0 Å². The molecule has 1 amide bonds. The molecule has 0 radical (unpaired) electrons. The molecule has 4 rings (SSSR count). The molecule has 2 aliphatic heterocycles. The van der Waals surface area contributed by atoms with Crippen LogP contribution in [0.5, 0.6) is 0 Å². The highest BCUT2D eigenvalue weighted by Crippen LogP contribution is 2.35. The van der Waals surface area contributed by atoms with E-state index < -0.39 is 31.4 Å². The van der Waals surface area contributed by atoms with Gasteiger partial charge in [0.1, 0.15) is 0 Å². The average Bonchev–Trinajstić information content (AvgIpc) is 2.91. The zero-order valence-electron chi connectivity index (χ0n) is 26.4. The van der Waals surface area contributed by atoms with Gasteiger partial charge in [0.05, 0.1) is 34.9 Å². The number of halogens is 3. The van der Waals surface area contributed by atoms with E-state index >= 15 is 0 Å². The number of piperidine rings is 1. The van der Waals surface area contributed by atoms with Crippen LogP contribution >= 0.6 is 0 Å². The Morgan fingerprint density at radius 1 is 1.18 bits per heavy atom. The molecule has 2 aliphatic rings. The minimum Gasteiger partial charge on any atom is -0.383 e. The van der Waals surface area contributed by atoms with Crippen molar-refractivity contribution in [3.63, 3.8) is 0 Å². The number of hydrogen-bond donors (Lipinski definition) is 0. The van der Waals surface area contributed by atoms with Gasteiger partial charge in [0.2, 0.25) is 0 Å². The van der Waals surface area contributed by atoms with Crippen LogP contribution in [0.2, 0.25) is 0 Å². The van der Waals surface area contributed by atoms with E-state index in [0.717, 1.165) is 30.5 Å². The van der Waals surface area contributed by atoms with Crippen LogP contribution in [0.1, 0.15) is 70.9 Å². The van der Waals surface area contributed by atoms with Gasteiger partial charge in [-0.1, -0.05) is 12.1 Å². The number of aromatic nitrogens is 1. The highest BCUT2D eigenvalue weighted by atomic mass is 19.4. The maximum atomic E-state index is 13.3. The Morgan fingerprint density at radius 3 is 2.45 bits per heavy atom. The number of nitrogens with zero attached hydrogens (tertiary/aromatic N) is 4.